The monoisotopic (exact) mass is 474 g/mol. The molecule has 14 nitrogen and oxygen atoms in total. The zero-order valence-electron chi connectivity index (χ0n) is 18.7. The molecule has 14 heteroatoms. The molecule has 1 heterocycles. The second-order valence-corrected chi connectivity index (χ2v) is 7.91. The fourth-order valence-electron chi connectivity index (χ4n) is 3.38. The zero-order valence-corrected chi connectivity index (χ0v) is 18.7. The molecule has 0 aromatic heterocycles. The number of likely N-dealkylation sites (N-methyl/N-ethyl adjacent to an activating group) is 1. The maximum Gasteiger partial charge on any atom is 0.323 e. The van der Waals surface area contributed by atoms with Gasteiger partial charge in [0, 0.05) is 66.0 Å². The first kappa shape index (κ1) is 28.2. The topological polar surface area (TPSA) is 185 Å². The third kappa shape index (κ3) is 12.7. The Morgan fingerprint density at radius 3 is 1.27 bits per heavy atom. The van der Waals surface area contributed by atoms with Gasteiger partial charge in [-0.05, 0) is 0 Å². The van der Waals surface area contributed by atoms with Crippen molar-refractivity contribution in [3.63, 3.8) is 0 Å². The van der Waals surface area contributed by atoms with Crippen molar-refractivity contribution in [1.29, 1.82) is 0 Å². The van der Waals surface area contributed by atoms with Gasteiger partial charge in [-0.25, -0.2) is 0 Å². The van der Waals surface area contributed by atoms with Crippen molar-refractivity contribution in [2.24, 2.45) is 0 Å². The number of carbonyl (C=O) groups excluding carboxylic acids is 2. The summed E-state index contributed by atoms with van der Waals surface area (Å²) in [6.07, 6.45) is 0. The first-order valence-corrected chi connectivity index (χ1v) is 10.4. The normalized spacial score (nSPS) is 18.1. The first-order chi connectivity index (χ1) is 15.5. The molecule has 0 aromatic rings. The van der Waals surface area contributed by atoms with Crippen LogP contribution in [0, 0.1) is 0 Å². The van der Waals surface area contributed by atoms with E-state index in [4.69, 9.17) is 10.2 Å². The van der Waals surface area contributed by atoms with Gasteiger partial charge in [0.15, 0.2) is 0 Å². The summed E-state index contributed by atoms with van der Waals surface area (Å²) in [5.41, 5.74) is 0. The van der Waals surface area contributed by atoms with Crippen LogP contribution in [0.5, 0.6) is 0 Å². The highest BCUT2D eigenvalue weighted by Gasteiger charge is 2.21. The number of carboxylic acids is 4. The Labute approximate surface area is 191 Å². The van der Waals surface area contributed by atoms with Crippen molar-refractivity contribution < 1.29 is 44.4 Å². The number of nitrogens with zero attached hydrogens (tertiary/aromatic N) is 5. The number of hydrogen-bond donors (Lipinski definition) is 3. The second-order valence-electron chi connectivity index (χ2n) is 7.91. The number of carbonyl (C=O) groups is 5. The maximum absolute atomic E-state index is 12.4. The molecule has 1 saturated heterocycles. The Balaban J connectivity index is 2.98. The van der Waals surface area contributed by atoms with Crippen LogP contribution >= 0.6 is 0 Å². The molecule has 0 aromatic carbocycles. The summed E-state index contributed by atoms with van der Waals surface area (Å²) in [6.45, 7) is 0.581. The summed E-state index contributed by atoms with van der Waals surface area (Å²) >= 11 is 0. The molecule has 0 atom stereocenters. The predicted molar refractivity (Wildman–Crippen MR) is 111 cm³/mol. The standard InChI is InChI=1S/C19H33N5O9/c1-20(11-16(26)27)15(25)10-21-2-4-22(12-17(28)29)6-8-24(14-19(32)33)9-7-23(5-3-21)13-18(30)31/h2-14H2,1H3,(H,26,27)(H,28,29)(H,30,31)(H,32,33)/p-1. The van der Waals surface area contributed by atoms with Crippen molar-refractivity contribution in [2.75, 3.05) is 92.1 Å². The van der Waals surface area contributed by atoms with E-state index in [1.54, 1.807) is 19.6 Å². The summed E-state index contributed by atoms with van der Waals surface area (Å²) in [5, 5.41) is 38.4. The lowest BCUT2D eigenvalue weighted by Crippen LogP contribution is -2.51. The van der Waals surface area contributed by atoms with Crippen LogP contribution in [0.3, 0.4) is 0 Å². The van der Waals surface area contributed by atoms with Crippen LogP contribution in [0.25, 0.3) is 0 Å². The molecule has 1 amide bonds. The van der Waals surface area contributed by atoms with E-state index in [1.165, 1.54) is 7.05 Å². The van der Waals surface area contributed by atoms with E-state index in [0.717, 1.165) is 4.90 Å². The van der Waals surface area contributed by atoms with Crippen molar-refractivity contribution in [3.05, 3.63) is 0 Å². The minimum atomic E-state index is -1.29. The smallest absolute Gasteiger partial charge is 0.323 e. The second kappa shape index (κ2) is 14.4. The molecule has 3 N–H and O–H groups in total. The van der Waals surface area contributed by atoms with Crippen LogP contribution in [0.1, 0.15) is 0 Å². The lowest BCUT2D eigenvalue weighted by atomic mass is 10.3. The van der Waals surface area contributed by atoms with Crippen molar-refractivity contribution in [3.8, 4) is 0 Å². The largest absolute Gasteiger partial charge is 0.549 e. The molecule has 0 bridgehead atoms. The fraction of sp³-hybridized carbons (Fsp3) is 0.737. The molecular weight excluding hydrogens is 442 g/mol. The average molecular weight is 474 g/mol. The Kier molecular flexibility index (Phi) is 12.3. The lowest BCUT2D eigenvalue weighted by Gasteiger charge is -2.33. The van der Waals surface area contributed by atoms with Crippen molar-refractivity contribution in [1.82, 2.24) is 24.5 Å². The number of aliphatic carboxylic acids is 4. The van der Waals surface area contributed by atoms with E-state index in [1.807, 2.05) is 0 Å². The molecule has 0 radical (unpaired) electrons. The third-order valence-corrected chi connectivity index (χ3v) is 5.16. The molecule has 0 unspecified atom stereocenters. The summed E-state index contributed by atoms with van der Waals surface area (Å²) in [7, 11) is 1.36. The number of amides is 1. The quantitative estimate of drug-likeness (QED) is 0.276. The summed E-state index contributed by atoms with van der Waals surface area (Å²) in [4.78, 5) is 64.5. The number of rotatable bonds is 10. The van der Waals surface area contributed by atoms with Crippen LogP contribution in [-0.4, -0.2) is 162 Å². The van der Waals surface area contributed by atoms with E-state index in [9.17, 15) is 34.2 Å². The molecule has 1 aliphatic rings. The van der Waals surface area contributed by atoms with E-state index in [0.29, 0.717) is 0 Å². The van der Waals surface area contributed by atoms with E-state index in [-0.39, 0.29) is 78.5 Å². The molecule has 0 aliphatic carbocycles. The van der Waals surface area contributed by atoms with Gasteiger partial charge in [0.1, 0.15) is 6.54 Å². The van der Waals surface area contributed by atoms with E-state index in [2.05, 4.69) is 0 Å². The molecule has 33 heavy (non-hydrogen) atoms. The van der Waals surface area contributed by atoms with Crippen molar-refractivity contribution >= 4 is 29.8 Å². The maximum atomic E-state index is 12.4. The van der Waals surface area contributed by atoms with Gasteiger partial charge in [-0.15, -0.1) is 0 Å². The summed E-state index contributed by atoms with van der Waals surface area (Å²) < 4.78 is 0. The van der Waals surface area contributed by atoms with Crippen LogP contribution < -0.4 is 5.11 Å². The fourth-order valence-corrected chi connectivity index (χ4v) is 3.38. The summed E-state index contributed by atoms with van der Waals surface area (Å²) in [6, 6.07) is 0. The van der Waals surface area contributed by atoms with Gasteiger partial charge in [-0.2, -0.15) is 0 Å². The lowest BCUT2D eigenvalue weighted by molar-refractivity contribution is -0.306. The molecule has 1 aliphatic heterocycles. The number of carboxylic acid groups (broad SMARTS) is 4. The van der Waals surface area contributed by atoms with Crippen molar-refractivity contribution in [2.45, 2.75) is 0 Å². The van der Waals surface area contributed by atoms with Gasteiger partial charge in [-0.3, -0.25) is 38.8 Å². The molecule has 0 spiro atoms. The molecule has 1 rings (SSSR count). The van der Waals surface area contributed by atoms with Gasteiger partial charge in [-0.1, -0.05) is 0 Å². The van der Waals surface area contributed by atoms with Gasteiger partial charge >= 0.3 is 17.9 Å². The van der Waals surface area contributed by atoms with E-state index < -0.39 is 36.3 Å². The van der Waals surface area contributed by atoms with Gasteiger partial charge in [0.05, 0.1) is 25.6 Å². The van der Waals surface area contributed by atoms with Crippen LogP contribution in [-0.2, 0) is 24.0 Å². The number of hydrogen-bond acceptors (Lipinski definition) is 10. The van der Waals surface area contributed by atoms with E-state index >= 15 is 0 Å². The molecular formula is C19H32N5O9-. The molecule has 1 fully saturated rings. The minimum absolute atomic E-state index is 0.116. The summed E-state index contributed by atoms with van der Waals surface area (Å²) in [5.74, 6) is -4.97. The van der Waals surface area contributed by atoms with Gasteiger partial charge in [0.25, 0.3) is 0 Å². The average Bonchev–Trinajstić information content (AvgIpc) is 2.68. The highest BCUT2D eigenvalue weighted by Crippen LogP contribution is 2.02. The molecule has 0 saturated carbocycles. The van der Waals surface area contributed by atoms with Crippen LogP contribution in [0.4, 0.5) is 0 Å². The highest BCUT2D eigenvalue weighted by molar-refractivity contribution is 5.82. The highest BCUT2D eigenvalue weighted by atomic mass is 16.4. The zero-order chi connectivity index (χ0) is 25.0. The Morgan fingerprint density at radius 2 is 0.970 bits per heavy atom. The Morgan fingerprint density at radius 1 is 0.636 bits per heavy atom. The predicted octanol–water partition coefficient (Wildman–Crippen LogP) is -4.33. The Bertz CT molecular complexity index is 673. The van der Waals surface area contributed by atoms with Gasteiger partial charge < -0.3 is 30.1 Å². The third-order valence-electron chi connectivity index (χ3n) is 5.16. The van der Waals surface area contributed by atoms with Gasteiger partial charge in [0.2, 0.25) is 5.91 Å². The molecule has 188 valence electrons. The van der Waals surface area contributed by atoms with Crippen LogP contribution in [0.2, 0.25) is 0 Å². The first-order valence-electron chi connectivity index (χ1n) is 10.4. The SMILES string of the molecule is CN(CC(=O)O)C(=O)CN1CCN(CC(=O)[O-])CCN(CC(=O)O)CCN(CC(=O)O)CC1. The van der Waals surface area contributed by atoms with Crippen LogP contribution in [0.15, 0.2) is 0 Å². The Hall–Kier alpha value is -2.81. The minimum Gasteiger partial charge on any atom is -0.549 e.